The number of carbonyl (C=O) groups is 2. The summed E-state index contributed by atoms with van der Waals surface area (Å²) in [4.78, 5) is 24.1. The van der Waals surface area contributed by atoms with Gasteiger partial charge in [0.15, 0.2) is 0 Å². The van der Waals surface area contributed by atoms with E-state index in [1.54, 1.807) is 24.3 Å². The van der Waals surface area contributed by atoms with E-state index in [0.717, 1.165) is 3.79 Å². The highest BCUT2D eigenvalue weighted by molar-refractivity contribution is 9.11. The van der Waals surface area contributed by atoms with Crippen LogP contribution in [0.5, 0.6) is 5.75 Å². The minimum atomic E-state index is -0.409. The molecule has 3 rings (SSSR count). The number of carbonyl (C=O) groups excluding carboxylic acids is 2. The fourth-order valence-corrected chi connectivity index (χ4v) is 3.32. The van der Waals surface area contributed by atoms with E-state index in [1.165, 1.54) is 24.5 Å². The number of ketones is 1. The molecular formula is C15H9BrO4S. The summed E-state index contributed by atoms with van der Waals surface area (Å²) in [7, 11) is 0. The molecule has 0 fully saturated rings. The highest BCUT2D eigenvalue weighted by atomic mass is 79.9. The molecule has 0 bridgehead atoms. The van der Waals surface area contributed by atoms with Crippen molar-refractivity contribution in [2.75, 3.05) is 0 Å². The second-order valence-electron chi connectivity index (χ2n) is 4.33. The van der Waals surface area contributed by atoms with Crippen molar-refractivity contribution in [3.63, 3.8) is 0 Å². The number of benzene rings is 1. The van der Waals surface area contributed by atoms with Crippen LogP contribution in [0.1, 0.15) is 22.2 Å². The van der Waals surface area contributed by atoms with Crippen molar-refractivity contribution in [1.82, 2.24) is 0 Å². The average Bonchev–Trinajstić information content (AvgIpc) is 3.03. The molecule has 3 aromatic rings. The summed E-state index contributed by atoms with van der Waals surface area (Å²) in [5, 5.41) is 0.628. The molecule has 0 saturated heterocycles. The maximum Gasteiger partial charge on any atom is 0.308 e. The van der Waals surface area contributed by atoms with Crippen LogP contribution >= 0.6 is 27.3 Å². The smallest absolute Gasteiger partial charge is 0.308 e. The van der Waals surface area contributed by atoms with Crippen molar-refractivity contribution in [2.24, 2.45) is 0 Å². The number of halogens is 1. The molecule has 0 N–H and O–H groups in total. The Morgan fingerprint density at radius 3 is 2.71 bits per heavy atom. The van der Waals surface area contributed by atoms with Crippen LogP contribution in [0.4, 0.5) is 0 Å². The summed E-state index contributed by atoms with van der Waals surface area (Å²) in [6.07, 6.45) is 1.43. The maximum absolute atomic E-state index is 12.5. The van der Waals surface area contributed by atoms with Crippen molar-refractivity contribution in [3.8, 4) is 5.75 Å². The van der Waals surface area contributed by atoms with Crippen molar-refractivity contribution in [3.05, 3.63) is 50.8 Å². The van der Waals surface area contributed by atoms with E-state index in [-0.39, 0.29) is 5.78 Å². The Morgan fingerprint density at radius 2 is 2.05 bits per heavy atom. The fourth-order valence-electron chi connectivity index (χ4n) is 1.98. The summed E-state index contributed by atoms with van der Waals surface area (Å²) < 4.78 is 11.3. The molecule has 0 aliphatic carbocycles. The van der Waals surface area contributed by atoms with Gasteiger partial charge in [-0.3, -0.25) is 9.59 Å². The number of thiophene rings is 1. The van der Waals surface area contributed by atoms with Gasteiger partial charge in [0.1, 0.15) is 17.6 Å². The van der Waals surface area contributed by atoms with Gasteiger partial charge >= 0.3 is 5.97 Å². The molecule has 106 valence electrons. The van der Waals surface area contributed by atoms with Crippen molar-refractivity contribution >= 4 is 50.0 Å². The van der Waals surface area contributed by atoms with Gasteiger partial charge in [0.05, 0.1) is 14.2 Å². The van der Waals surface area contributed by atoms with Crippen LogP contribution in [0.3, 0.4) is 0 Å². The number of esters is 1. The largest absolute Gasteiger partial charge is 0.464 e. The quantitative estimate of drug-likeness (QED) is 0.392. The summed E-state index contributed by atoms with van der Waals surface area (Å²) in [6.45, 7) is 1.33. The van der Waals surface area contributed by atoms with E-state index in [9.17, 15) is 9.59 Å². The Kier molecular flexibility index (Phi) is 3.65. The normalized spacial score (nSPS) is 10.8. The van der Waals surface area contributed by atoms with Crippen molar-refractivity contribution < 1.29 is 18.7 Å². The monoisotopic (exact) mass is 364 g/mol. The summed E-state index contributed by atoms with van der Waals surface area (Å²) >= 11 is 4.70. The second kappa shape index (κ2) is 5.46. The Labute approximate surface area is 132 Å². The molecular weight excluding hydrogens is 356 g/mol. The topological polar surface area (TPSA) is 56.5 Å². The summed E-state index contributed by atoms with van der Waals surface area (Å²) in [5.41, 5.74) is 1.03. The minimum absolute atomic E-state index is 0.121. The highest BCUT2D eigenvalue weighted by Crippen LogP contribution is 2.30. The van der Waals surface area contributed by atoms with E-state index in [2.05, 4.69) is 15.9 Å². The Bertz CT molecular complexity index is 846. The zero-order valence-electron chi connectivity index (χ0n) is 10.9. The van der Waals surface area contributed by atoms with Crippen LogP contribution in [0.25, 0.3) is 11.0 Å². The average molecular weight is 365 g/mol. The molecule has 21 heavy (non-hydrogen) atoms. The van der Waals surface area contributed by atoms with Gasteiger partial charge in [-0.25, -0.2) is 0 Å². The predicted octanol–water partition coefficient (Wildman–Crippen LogP) is 4.41. The van der Waals surface area contributed by atoms with Gasteiger partial charge in [0.25, 0.3) is 0 Å². The lowest BCUT2D eigenvalue weighted by Gasteiger charge is -2.01. The molecule has 0 amide bonds. The third kappa shape index (κ3) is 2.77. The van der Waals surface area contributed by atoms with E-state index < -0.39 is 5.97 Å². The number of ether oxygens (including phenoxy) is 1. The Morgan fingerprint density at radius 1 is 1.24 bits per heavy atom. The van der Waals surface area contributed by atoms with Gasteiger partial charge in [0, 0.05) is 12.3 Å². The second-order valence-corrected chi connectivity index (χ2v) is 6.80. The molecule has 0 aliphatic heterocycles. The minimum Gasteiger partial charge on any atom is -0.464 e. The predicted molar refractivity (Wildman–Crippen MR) is 83.0 cm³/mol. The van der Waals surface area contributed by atoms with Crippen LogP contribution in [0, 0.1) is 0 Å². The van der Waals surface area contributed by atoms with Crippen LogP contribution in [0.2, 0.25) is 0 Å². The van der Waals surface area contributed by atoms with Crippen LogP contribution in [0.15, 0.2) is 44.8 Å². The van der Waals surface area contributed by atoms with Gasteiger partial charge in [-0.2, -0.15) is 0 Å². The van der Waals surface area contributed by atoms with Crippen molar-refractivity contribution in [1.29, 1.82) is 0 Å². The Hall–Kier alpha value is -1.92. The number of hydrogen-bond acceptors (Lipinski definition) is 5. The zero-order valence-corrected chi connectivity index (χ0v) is 13.3. The SMILES string of the molecule is CC(=O)Oc1ccc2occ(C(=O)c3ccc(Br)s3)c2c1. The number of furan rings is 1. The fraction of sp³-hybridized carbons (Fsp3) is 0.0667. The van der Waals surface area contributed by atoms with Crippen molar-refractivity contribution in [2.45, 2.75) is 6.92 Å². The van der Waals surface area contributed by atoms with Gasteiger partial charge in [-0.1, -0.05) is 0 Å². The third-order valence-electron chi connectivity index (χ3n) is 2.85. The lowest BCUT2D eigenvalue weighted by molar-refractivity contribution is -0.131. The Balaban J connectivity index is 2.06. The van der Waals surface area contributed by atoms with E-state index in [1.807, 2.05) is 6.07 Å². The zero-order chi connectivity index (χ0) is 15.0. The first-order chi connectivity index (χ1) is 10.0. The molecule has 0 spiro atoms. The van der Waals surface area contributed by atoms with Crippen LogP contribution in [-0.2, 0) is 4.79 Å². The number of rotatable bonds is 3. The summed E-state index contributed by atoms with van der Waals surface area (Å²) in [6, 6.07) is 8.52. The van der Waals surface area contributed by atoms with E-state index >= 15 is 0 Å². The molecule has 1 aromatic carbocycles. The lowest BCUT2D eigenvalue weighted by atomic mass is 10.1. The molecule has 6 heteroatoms. The number of hydrogen-bond donors (Lipinski definition) is 0. The van der Waals surface area contributed by atoms with Crippen LogP contribution in [-0.4, -0.2) is 11.8 Å². The third-order valence-corrected chi connectivity index (χ3v) is 4.47. The molecule has 0 radical (unpaired) electrons. The van der Waals surface area contributed by atoms with Crippen LogP contribution < -0.4 is 4.74 Å². The highest BCUT2D eigenvalue weighted by Gasteiger charge is 2.18. The van der Waals surface area contributed by atoms with Gasteiger partial charge in [0.2, 0.25) is 5.78 Å². The van der Waals surface area contributed by atoms with E-state index in [4.69, 9.17) is 9.15 Å². The van der Waals surface area contributed by atoms with Gasteiger partial charge in [-0.05, 0) is 46.3 Å². The molecule has 0 saturated carbocycles. The molecule has 0 atom stereocenters. The molecule has 2 aromatic heterocycles. The molecule has 0 aliphatic rings. The molecule has 2 heterocycles. The van der Waals surface area contributed by atoms with Gasteiger partial charge < -0.3 is 9.15 Å². The molecule has 0 unspecified atom stereocenters. The standard InChI is InChI=1S/C15H9BrO4S/c1-8(17)20-9-2-3-12-10(6-9)11(7-19-12)15(18)13-4-5-14(16)21-13/h2-7H,1H3. The first-order valence-electron chi connectivity index (χ1n) is 6.04. The first kappa shape index (κ1) is 14.0. The lowest BCUT2D eigenvalue weighted by Crippen LogP contribution is -2.01. The first-order valence-corrected chi connectivity index (χ1v) is 7.65. The number of fused-ring (bicyclic) bond motifs is 1. The van der Waals surface area contributed by atoms with E-state index in [0.29, 0.717) is 27.2 Å². The summed E-state index contributed by atoms with van der Waals surface area (Å²) in [5.74, 6) is -0.143. The van der Waals surface area contributed by atoms with Gasteiger partial charge in [-0.15, -0.1) is 11.3 Å². The molecule has 4 nitrogen and oxygen atoms in total. The maximum atomic E-state index is 12.5.